The molecule has 22 heavy (non-hydrogen) atoms. The minimum absolute atomic E-state index is 0.0112. The van der Waals surface area contributed by atoms with E-state index < -0.39 is 30.2 Å². The fourth-order valence-corrected chi connectivity index (χ4v) is 1.46. The SMILES string of the molecule is O=C(COC(=O)c1cccc(F)c1)NNC(=O)c1ccco1. The lowest BCUT2D eigenvalue weighted by Crippen LogP contribution is -2.43. The predicted molar refractivity (Wildman–Crippen MR) is 71.0 cm³/mol. The maximum atomic E-state index is 12.9. The Balaban J connectivity index is 1.76. The van der Waals surface area contributed by atoms with Crippen LogP contribution in [-0.2, 0) is 9.53 Å². The van der Waals surface area contributed by atoms with Crippen molar-refractivity contribution in [2.75, 3.05) is 6.61 Å². The maximum absolute atomic E-state index is 12.9. The molecule has 2 N–H and O–H groups in total. The van der Waals surface area contributed by atoms with Crippen molar-refractivity contribution in [1.29, 1.82) is 0 Å². The van der Waals surface area contributed by atoms with Gasteiger partial charge in [0, 0.05) is 0 Å². The van der Waals surface area contributed by atoms with Crippen molar-refractivity contribution < 1.29 is 27.9 Å². The second kappa shape index (κ2) is 7.02. The zero-order valence-corrected chi connectivity index (χ0v) is 11.2. The summed E-state index contributed by atoms with van der Waals surface area (Å²) < 4.78 is 22.4. The minimum Gasteiger partial charge on any atom is -0.459 e. The Morgan fingerprint density at radius 3 is 2.64 bits per heavy atom. The molecule has 0 atom stereocenters. The molecule has 0 radical (unpaired) electrons. The van der Waals surface area contributed by atoms with Crippen LogP contribution in [0.3, 0.4) is 0 Å². The van der Waals surface area contributed by atoms with Crippen LogP contribution in [0.2, 0.25) is 0 Å². The highest BCUT2D eigenvalue weighted by atomic mass is 19.1. The topological polar surface area (TPSA) is 97.6 Å². The van der Waals surface area contributed by atoms with Gasteiger partial charge in [-0.05, 0) is 30.3 Å². The molecule has 0 spiro atoms. The molecular weight excluding hydrogens is 295 g/mol. The third-order valence-electron chi connectivity index (χ3n) is 2.46. The summed E-state index contributed by atoms with van der Waals surface area (Å²) in [5.41, 5.74) is 4.09. The van der Waals surface area contributed by atoms with Gasteiger partial charge in [0.25, 0.3) is 5.91 Å². The number of rotatable bonds is 4. The fourth-order valence-electron chi connectivity index (χ4n) is 1.46. The zero-order chi connectivity index (χ0) is 15.9. The Morgan fingerprint density at radius 1 is 1.14 bits per heavy atom. The van der Waals surface area contributed by atoms with Crippen LogP contribution in [-0.4, -0.2) is 24.4 Å². The number of halogens is 1. The van der Waals surface area contributed by atoms with E-state index >= 15 is 0 Å². The fraction of sp³-hybridized carbons (Fsp3) is 0.0714. The quantitative estimate of drug-likeness (QED) is 0.649. The van der Waals surface area contributed by atoms with E-state index in [9.17, 15) is 18.8 Å². The summed E-state index contributed by atoms with van der Waals surface area (Å²) in [6.07, 6.45) is 1.30. The first-order valence-corrected chi connectivity index (χ1v) is 6.11. The Bertz CT molecular complexity index is 684. The molecule has 2 rings (SSSR count). The number of amides is 2. The lowest BCUT2D eigenvalue weighted by molar-refractivity contribution is -0.125. The van der Waals surface area contributed by atoms with Crippen LogP contribution in [0.1, 0.15) is 20.9 Å². The highest BCUT2D eigenvalue weighted by Gasteiger charge is 2.12. The second-order valence-corrected chi connectivity index (χ2v) is 4.07. The number of hydrogen-bond donors (Lipinski definition) is 2. The molecule has 0 aliphatic carbocycles. The number of furan rings is 1. The molecule has 1 aromatic carbocycles. The van der Waals surface area contributed by atoms with Gasteiger partial charge in [0.05, 0.1) is 11.8 Å². The van der Waals surface area contributed by atoms with Gasteiger partial charge in [0.2, 0.25) is 0 Å². The molecule has 0 saturated heterocycles. The number of carbonyl (C=O) groups is 3. The second-order valence-electron chi connectivity index (χ2n) is 4.07. The number of hydrogen-bond acceptors (Lipinski definition) is 5. The first kappa shape index (κ1) is 15.2. The number of esters is 1. The van der Waals surface area contributed by atoms with Crippen molar-refractivity contribution in [1.82, 2.24) is 10.9 Å². The van der Waals surface area contributed by atoms with Crippen LogP contribution in [0, 0.1) is 5.82 Å². The van der Waals surface area contributed by atoms with Crippen molar-refractivity contribution >= 4 is 17.8 Å². The lowest BCUT2D eigenvalue weighted by Gasteiger charge is -2.07. The summed E-state index contributed by atoms with van der Waals surface area (Å²) in [6, 6.07) is 7.77. The number of nitrogens with one attached hydrogen (secondary N) is 2. The van der Waals surface area contributed by atoms with Gasteiger partial charge in [-0.2, -0.15) is 0 Å². The van der Waals surface area contributed by atoms with Gasteiger partial charge < -0.3 is 9.15 Å². The molecule has 114 valence electrons. The maximum Gasteiger partial charge on any atom is 0.338 e. The summed E-state index contributed by atoms with van der Waals surface area (Å²) in [7, 11) is 0. The first-order valence-electron chi connectivity index (χ1n) is 6.11. The molecule has 0 unspecified atom stereocenters. The molecule has 7 nitrogen and oxygen atoms in total. The highest BCUT2D eigenvalue weighted by molar-refractivity contribution is 5.94. The van der Waals surface area contributed by atoms with Gasteiger partial charge >= 0.3 is 11.9 Å². The Hall–Kier alpha value is -3.16. The summed E-state index contributed by atoms with van der Waals surface area (Å²) in [5, 5.41) is 0. The molecule has 0 aliphatic heterocycles. The summed E-state index contributed by atoms with van der Waals surface area (Å²) in [5.74, 6) is -2.85. The molecule has 0 aliphatic rings. The predicted octanol–water partition coefficient (Wildman–Crippen LogP) is 1.04. The molecule has 0 saturated carbocycles. The average Bonchev–Trinajstić information content (AvgIpc) is 3.04. The van der Waals surface area contributed by atoms with Gasteiger partial charge in [0.15, 0.2) is 12.4 Å². The van der Waals surface area contributed by atoms with Crippen molar-refractivity contribution in [3.63, 3.8) is 0 Å². The lowest BCUT2D eigenvalue weighted by atomic mass is 10.2. The molecule has 2 aromatic rings. The van der Waals surface area contributed by atoms with Crippen LogP contribution in [0.25, 0.3) is 0 Å². The molecule has 1 aromatic heterocycles. The molecule has 0 fully saturated rings. The number of benzene rings is 1. The molecule has 1 heterocycles. The van der Waals surface area contributed by atoms with E-state index in [2.05, 4.69) is 10.2 Å². The summed E-state index contributed by atoms with van der Waals surface area (Å²) in [6.45, 7) is -0.631. The van der Waals surface area contributed by atoms with E-state index in [0.717, 1.165) is 6.07 Å². The monoisotopic (exact) mass is 306 g/mol. The molecule has 8 heteroatoms. The van der Waals surface area contributed by atoms with Crippen LogP contribution in [0.15, 0.2) is 47.1 Å². The number of carbonyl (C=O) groups excluding carboxylic acids is 3. The Kier molecular flexibility index (Phi) is 4.86. The third kappa shape index (κ3) is 4.17. The minimum atomic E-state index is -0.855. The third-order valence-corrected chi connectivity index (χ3v) is 2.46. The molecule has 2 amide bonds. The Morgan fingerprint density at radius 2 is 1.95 bits per heavy atom. The van der Waals surface area contributed by atoms with Gasteiger partial charge in [0.1, 0.15) is 5.82 Å². The Labute approximate surface area is 124 Å². The van der Waals surface area contributed by atoms with E-state index in [-0.39, 0.29) is 11.3 Å². The van der Waals surface area contributed by atoms with E-state index in [1.54, 1.807) is 0 Å². The van der Waals surface area contributed by atoms with Gasteiger partial charge in [-0.25, -0.2) is 9.18 Å². The normalized spacial score (nSPS) is 9.86. The molecule has 0 bridgehead atoms. The summed E-state index contributed by atoms with van der Waals surface area (Å²) in [4.78, 5) is 34.4. The van der Waals surface area contributed by atoms with Crippen LogP contribution in [0.5, 0.6) is 0 Å². The van der Waals surface area contributed by atoms with E-state index in [4.69, 9.17) is 4.42 Å². The van der Waals surface area contributed by atoms with Gasteiger partial charge in [-0.1, -0.05) is 6.07 Å². The highest BCUT2D eigenvalue weighted by Crippen LogP contribution is 2.05. The van der Waals surface area contributed by atoms with Crippen molar-refractivity contribution in [2.24, 2.45) is 0 Å². The van der Waals surface area contributed by atoms with Crippen molar-refractivity contribution in [3.05, 3.63) is 59.8 Å². The number of ether oxygens (including phenoxy) is 1. The van der Waals surface area contributed by atoms with Crippen LogP contribution in [0.4, 0.5) is 4.39 Å². The van der Waals surface area contributed by atoms with Crippen molar-refractivity contribution in [3.8, 4) is 0 Å². The van der Waals surface area contributed by atoms with Gasteiger partial charge in [-0.3, -0.25) is 20.4 Å². The van der Waals surface area contributed by atoms with Crippen LogP contribution < -0.4 is 10.9 Å². The summed E-state index contributed by atoms with van der Waals surface area (Å²) >= 11 is 0. The van der Waals surface area contributed by atoms with Gasteiger partial charge in [-0.15, -0.1) is 0 Å². The van der Waals surface area contributed by atoms with Crippen molar-refractivity contribution in [2.45, 2.75) is 0 Å². The zero-order valence-electron chi connectivity index (χ0n) is 11.2. The van der Waals surface area contributed by atoms with E-state index in [0.29, 0.717) is 0 Å². The van der Waals surface area contributed by atoms with E-state index in [1.807, 2.05) is 5.43 Å². The standard InChI is InChI=1S/C14H11FN2O5/c15-10-4-1-3-9(7-10)14(20)22-8-12(18)16-17-13(19)11-5-2-6-21-11/h1-7H,8H2,(H,16,18)(H,17,19). The smallest absolute Gasteiger partial charge is 0.338 e. The first-order chi connectivity index (χ1) is 10.6. The average molecular weight is 306 g/mol. The van der Waals surface area contributed by atoms with Crippen LogP contribution >= 0.6 is 0 Å². The number of hydrazine groups is 1. The van der Waals surface area contributed by atoms with E-state index in [1.165, 1.54) is 36.6 Å². The largest absolute Gasteiger partial charge is 0.459 e. The molecular formula is C14H11FN2O5.